The Bertz CT molecular complexity index is 4.85. The van der Waals surface area contributed by atoms with Crippen LogP contribution in [0, 0.1) is 0 Å². The zero-order valence-corrected chi connectivity index (χ0v) is 4.68. The summed E-state index contributed by atoms with van der Waals surface area (Å²) in [5.74, 6) is 0. The van der Waals surface area contributed by atoms with Gasteiger partial charge in [0, 0.05) is 0 Å². The van der Waals surface area contributed by atoms with Crippen LogP contribution in [0.1, 0.15) is 0 Å². The van der Waals surface area contributed by atoms with Crippen LogP contribution in [0.3, 0.4) is 0 Å². The van der Waals surface area contributed by atoms with Gasteiger partial charge in [0.25, 0.3) is 0 Å². The summed E-state index contributed by atoms with van der Waals surface area (Å²) < 4.78 is 0. The van der Waals surface area contributed by atoms with E-state index < -0.39 is 0 Å². The van der Waals surface area contributed by atoms with E-state index in [-0.39, 0.29) is 100 Å². The van der Waals surface area contributed by atoms with Crippen molar-refractivity contribution in [3.05, 3.63) is 0 Å². The maximum absolute atomic E-state index is 0. The minimum absolute atomic E-state index is 0. The first-order valence-electron chi connectivity index (χ1n) is 0. The first-order valence-corrected chi connectivity index (χ1v) is 0. The summed E-state index contributed by atoms with van der Waals surface area (Å²) in [4.78, 5) is 0. The molecule has 0 bridgehead atoms. The minimum atomic E-state index is 0. The average molecular weight is 420 g/mol. The SMILES string of the molecule is [Mn+2].[Mn+2].[Mn+2].[SbH6-3].[SbH6-3]. The van der Waals surface area contributed by atoms with Crippen molar-refractivity contribution in [1.82, 2.24) is 0 Å². The van der Waals surface area contributed by atoms with Gasteiger partial charge in [-0.3, -0.25) is 0 Å². The van der Waals surface area contributed by atoms with Gasteiger partial charge in [-0.25, -0.2) is 0 Å². The van der Waals surface area contributed by atoms with Gasteiger partial charge in [0.1, 0.15) is 0 Å². The molecule has 43 valence electrons. The Balaban J connectivity index is 0. The van der Waals surface area contributed by atoms with Crippen molar-refractivity contribution >= 4 is 48.9 Å². The molecule has 0 N–H and O–H groups in total. The fourth-order valence-corrected chi connectivity index (χ4v) is 0. The van der Waals surface area contributed by atoms with E-state index in [9.17, 15) is 0 Å². The molecule has 0 aromatic heterocycles. The molecule has 0 aliphatic heterocycles. The van der Waals surface area contributed by atoms with Crippen molar-refractivity contribution in [3.8, 4) is 0 Å². The molecule has 5 heteroatoms. The predicted molar refractivity (Wildman–Crippen MR) is 28.2 cm³/mol. The summed E-state index contributed by atoms with van der Waals surface area (Å²) in [5.41, 5.74) is 0. The Morgan fingerprint density at radius 3 is 0.400 bits per heavy atom. The third-order valence-corrected chi connectivity index (χ3v) is 0. The summed E-state index contributed by atoms with van der Waals surface area (Å²) in [7, 11) is 0. The van der Waals surface area contributed by atoms with E-state index in [1.807, 2.05) is 0 Å². The van der Waals surface area contributed by atoms with Gasteiger partial charge in [-0.15, -0.1) is 0 Å². The molecule has 0 aromatic rings. The van der Waals surface area contributed by atoms with Crippen LogP contribution >= 0.6 is 0 Å². The van der Waals surface area contributed by atoms with Crippen molar-refractivity contribution in [2.45, 2.75) is 0 Å². The summed E-state index contributed by atoms with van der Waals surface area (Å²) in [6, 6.07) is 0. The Morgan fingerprint density at radius 1 is 0.400 bits per heavy atom. The van der Waals surface area contributed by atoms with Gasteiger partial charge in [0.2, 0.25) is 0 Å². The molecule has 5 heavy (non-hydrogen) atoms. The van der Waals surface area contributed by atoms with Gasteiger partial charge in [-0.1, -0.05) is 0 Å². The number of hydrogen-bond acceptors (Lipinski definition) is 0. The summed E-state index contributed by atoms with van der Waals surface area (Å²) in [6.45, 7) is 0. The maximum atomic E-state index is 0. The topological polar surface area (TPSA) is 0 Å². The van der Waals surface area contributed by atoms with Crippen LogP contribution in [-0.4, -0.2) is 48.9 Å². The van der Waals surface area contributed by atoms with Crippen LogP contribution in [0.2, 0.25) is 0 Å². The Labute approximate surface area is 98.3 Å². The molecule has 0 aliphatic rings. The molecule has 0 heterocycles. The van der Waals surface area contributed by atoms with Gasteiger partial charge in [-0.2, -0.15) is 0 Å². The van der Waals surface area contributed by atoms with Gasteiger partial charge in [0.05, 0.1) is 0 Å². The molecule has 0 unspecified atom stereocenters. The first-order chi connectivity index (χ1) is 0. The normalized spacial score (nSPS) is 0. The molecule has 0 fully saturated rings. The number of rotatable bonds is 0. The fraction of sp³-hybridized carbons (Fsp3) is 0. The summed E-state index contributed by atoms with van der Waals surface area (Å²) in [5, 5.41) is 0. The van der Waals surface area contributed by atoms with Crippen LogP contribution in [0.25, 0.3) is 0 Å². The molecule has 0 nitrogen and oxygen atoms in total. The van der Waals surface area contributed by atoms with Crippen molar-refractivity contribution < 1.29 is 51.2 Å². The Kier molecular flexibility index (Phi) is 225. The van der Waals surface area contributed by atoms with Crippen LogP contribution in [0.5, 0.6) is 0 Å². The molecule has 0 atom stereocenters. The third-order valence-electron chi connectivity index (χ3n) is 0. The monoisotopic (exact) mass is 419 g/mol. The van der Waals surface area contributed by atoms with Gasteiger partial charge < -0.3 is 0 Å². The van der Waals surface area contributed by atoms with Gasteiger partial charge in [-0.05, 0) is 0 Å². The molecule has 0 saturated heterocycles. The second-order valence-corrected chi connectivity index (χ2v) is 0. The van der Waals surface area contributed by atoms with Crippen LogP contribution < -0.4 is 0 Å². The van der Waals surface area contributed by atoms with Gasteiger partial charge >= 0.3 is 100 Å². The van der Waals surface area contributed by atoms with E-state index >= 15 is 0 Å². The molecule has 0 spiro atoms. The van der Waals surface area contributed by atoms with Crippen molar-refractivity contribution in [1.29, 1.82) is 0 Å². The van der Waals surface area contributed by atoms with E-state index in [4.69, 9.17) is 0 Å². The van der Waals surface area contributed by atoms with Crippen LogP contribution in [0.15, 0.2) is 0 Å². The van der Waals surface area contributed by atoms with Crippen LogP contribution in [-0.2, 0) is 51.2 Å². The predicted octanol–water partition coefficient (Wildman–Crippen LogP) is -3.98. The zero-order valence-electron chi connectivity index (χ0n) is 1.13. The van der Waals surface area contributed by atoms with E-state index in [2.05, 4.69) is 0 Å². The molecular weight excluding hydrogens is 408 g/mol. The molecular formula is H12Mn3Sb2. The quantitative estimate of drug-likeness (QED) is 0.351. The Hall–Kier alpha value is 3.19. The average Bonchev–Trinajstić information content (AvgIpc) is 0. The summed E-state index contributed by atoms with van der Waals surface area (Å²) >= 11 is 0. The molecule has 0 rings (SSSR count). The second-order valence-electron chi connectivity index (χ2n) is 0. The molecule has 0 aliphatic carbocycles. The molecule has 0 amide bonds. The molecule has 0 saturated carbocycles. The number of hydrogen-bond donors (Lipinski definition) is 0. The zero-order chi connectivity index (χ0) is 0. The van der Waals surface area contributed by atoms with Crippen molar-refractivity contribution in [2.24, 2.45) is 0 Å². The van der Waals surface area contributed by atoms with E-state index in [1.165, 1.54) is 0 Å². The van der Waals surface area contributed by atoms with Gasteiger partial charge in [0.15, 0.2) is 0 Å². The van der Waals surface area contributed by atoms with E-state index in [1.54, 1.807) is 0 Å². The standard InChI is InChI=1S/3Mn.2Sb.12H/q3*+2;2*-3;;;;;;;;;;;;. The molecule has 3 radical (unpaired) electrons. The second kappa shape index (κ2) is 27.1. The Morgan fingerprint density at radius 2 is 0.400 bits per heavy atom. The third kappa shape index (κ3) is 19.0. The summed E-state index contributed by atoms with van der Waals surface area (Å²) in [6.07, 6.45) is 0. The molecule has 0 aromatic carbocycles. The fourth-order valence-electron chi connectivity index (χ4n) is 0. The van der Waals surface area contributed by atoms with Crippen molar-refractivity contribution in [3.63, 3.8) is 0 Å². The van der Waals surface area contributed by atoms with E-state index in [0.29, 0.717) is 0 Å². The first kappa shape index (κ1) is 41.6. The van der Waals surface area contributed by atoms with Crippen molar-refractivity contribution in [2.75, 3.05) is 0 Å². The van der Waals surface area contributed by atoms with E-state index in [0.717, 1.165) is 0 Å². The van der Waals surface area contributed by atoms with Crippen LogP contribution in [0.4, 0.5) is 0 Å².